The van der Waals surface area contributed by atoms with Crippen molar-refractivity contribution < 1.29 is 17.9 Å². The molecule has 0 atom stereocenters. The van der Waals surface area contributed by atoms with Crippen LogP contribution >= 0.6 is 15.9 Å². The van der Waals surface area contributed by atoms with Crippen LogP contribution in [0.3, 0.4) is 0 Å². The third-order valence-electron chi connectivity index (χ3n) is 1.48. The van der Waals surface area contributed by atoms with Gasteiger partial charge in [0.05, 0.1) is 0 Å². The van der Waals surface area contributed by atoms with E-state index < -0.39 is 12.8 Å². The molecule has 81 valence electrons. The van der Waals surface area contributed by atoms with E-state index in [1.807, 2.05) is 0 Å². The van der Waals surface area contributed by atoms with Gasteiger partial charge in [-0.15, -0.1) is 0 Å². The van der Waals surface area contributed by atoms with E-state index in [1.165, 1.54) is 12.1 Å². The lowest BCUT2D eigenvalue weighted by atomic mass is 10.2. The molecule has 0 saturated carbocycles. The highest BCUT2D eigenvalue weighted by Gasteiger charge is 2.28. The van der Waals surface area contributed by atoms with Gasteiger partial charge in [0, 0.05) is 4.47 Å². The van der Waals surface area contributed by atoms with Gasteiger partial charge in [0.2, 0.25) is 0 Å². The van der Waals surface area contributed by atoms with Crippen molar-refractivity contribution in [3.63, 3.8) is 0 Å². The molecule has 15 heavy (non-hydrogen) atoms. The number of benzene rings is 1. The van der Waals surface area contributed by atoms with Crippen molar-refractivity contribution in [3.05, 3.63) is 40.9 Å². The predicted molar refractivity (Wildman–Crippen MR) is 53.7 cm³/mol. The fourth-order valence-corrected chi connectivity index (χ4v) is 1.39. The molecule has 0 bridgehead atoms. The molecule has 1 rings (SSSR count). The first-order chi connectivity index (χ1) is 6.90. The highest BCUT2D eigenvalue weighted by Crippen LogP contribution is 2.23. The van der Waals surface area contributed by atoms with E-state index in [9.17, 15) is 13.2 Å². The predicted octanol–water partition coefficient (Wildman–Crippen LogP) is 3.73. The van der Waals surface area contributed by atoms with Crippen molar-refractivity contribution in [2.24, 2.45) is 0 Å². The van der Waals surface area contributed by atoms with Crippen LogP contribution in [0.1, 0.15) is 5.56 Å². The molecule has 1 aromatic rings. The van der Waals surface area contributed by atoms with Gasteiger partial charge in [-0.3, -0.25) is 0 Å². The molecular formula is C10H7BrF3O. The first-order valence-electron chi connectivity index (χ1n) is 3.94. The zero-order chi connectivity index (χ0) is 11.5. The van der Waals surface area contributed by atoms with Gasteiger partial charge in [0.25, 0.3) is 0 Å². The Labute approximate surface area is 93.7 Å². The van der Waals surface area contributed by atoms with Crippen LogP contribution < -0.4 is 4.74 Å². The minimum absolute atomic E-state index is 0.132. The van der Waals surface area contributed by atoms with Crippen LogP contribution in [0.25, 0.3) is 0 Å². The van der Waals surface area contributed by atoms with E-state index in [2.05, 4.69) is 33.3 Å². The maximum atomic E-state index is 11.9. The van der Waals surface area contributed by atoms with Gasteiger partial charge in [-0.1, -0.05) is 22.5 Å². The highest BCUT2D eigenvalue weighted by atomic mass is 79.9. The first-order valence-corrected chi connectivity index (χ1v) is 4.73. The Hall–Kier alpha value is -0.970. The second-order valence-corrected chi connectivity index (χ2v) is 3.67. The van der Waals surface area contributed by atoms with E-state index in [-0.39, 0.29) is 5.75 Å². The molecule has 1 radical (unpaired) electrons. The van der Waals surface area contributed by atoms with Crippen molar-refractivity contribution in [2.45, 2.75) is 6.18 Å². The number of hydrogen-bond acceptors (Lipinski definition) is 1. The molecule has 0 aromatic heterocycles. The number of ether oxygens (including phenoxy) is 1. The number of alkyl halides is 3. The third-order valence-corrected chi connectivity index (χ3v) is 1.94. The molecule has 1 nitrogen and oxygen atoms in total. The molecule has 0 unspecified atom stereocenters. The Morgan fingerprint density at radius 2 is 2.00 bits per heavy atom. The highest BCUT2D eigenvalue weighted by molar-refractivity contribution is 9.10. The Morgan fingerprint density at radius 3 is 2.53 bits per heavy atom. The summed E-state index contributed by atoms with van der Waals surface area (Å²) >= 11 is 3.15. The fraction of sp³-hybridized carbons (Fsp3) is 0.200. The summed E-state index contributed by atoms with van der Waals surface area (Å²) in [6.07, 6.45) is -1.77. The topological polar surface area (TPSA) is 9.23 Å². The van der Waals surface area contributed by atoms with Crippen LogP contribution in [0.5, 0.6) is 5.75 Å². The minimum Gasteiger partial charge on any atom is -0.484 e. The van der Waals surface area contributed by atoms with Crippen molar-refractivity contribution >= 4 is 15.9 Å². The molecule has 0 aliphatic heterocycles. The van der Waals surface area contributed by atoms with Gasteiger partial charge in [-0.05, 0) is 29.8 Å². The van der Waals surface area contributed by atoms with Gasteiger partial charge in [0.15, 0.2) is 6.61 Å². The lowest BCUT2D eigenvalue weighted by Gasteiger charge is -2.09. The second-order valence-electron chi connectivity index (χ2n) is 2.76. The lowest BCUT2D eigenvalue weighted by Crippen LogP contribution is -2.19. The summed E-state index contributed by atoms with van der Waals surface area (Å²) in [4.78, 5) is 0. The second kappa shape index (κ2) is 4.70. The summed E-state index contributed by atoms with van der Waals surface area (Å²) in [6, 6.07) is 4.56. The Balaban J connectivity index is 2.77. The molecule has 0 N–H and O–H groups in total. The molecule has 0 saturated heterocycles. The Kier molecular flexibility index (Phi) is 3.79. The van der Waals surface area contributed by atoms with Crippen LogP contribution in [0.4, 0.5) is 13.2 Å². The van der Waals surface area contributed by atoms with Crippen LogP contribution in [-0.2, 0) is 0 Å². The molecule has 0 fully saturated rings. The summed E-state index contributed by atoms with van der Waals surface area (Å²) in [5.74, 6) is 0.132. The van der Waals surface area contributed by atoms with Crippen molar-refractivity contribution in [1.29, 1.82) is 0 Å². The fourth-order valence-electron chi connectivity index (χ4n) is 0.913. The molecule has 0 spiro atoms. The summed E-state index contributed by atoms with van der Waals surface area (Å²) in [7, 11) is 0. The van der Waals surface area contributed by atoms with Crippen molar-refractivity contribution in [2.75, 3.05) is 6.61 Å². The van der Waals surface area contributed by atoms with E-state index in [0.29, 0.717) is 10.0 Å². The number of hydrogen-bond donors (Lipinski definition) is 0. The lowest BCUT2D eigenvalue weighted by molar-refractivity contribution is -0.153. The SMILES string of the molecule is C=[C]c1cc(Br)cc(OCC(F)(F)F)c1. The maximum Gasteiger partial charge on any atom is 0.422 e. The van der Waals surface area contributed by atoms with Gasteiger partial charge in [-0.25, -0.2) is 0 Å². The molecular weight excluding hydrogens is 273 g/mol. The monoisotopic (exact) mass is 279 g/mol. The molecule has 1 aromatic carbocycles. The molecule has 0 aliphatic rings. The van der Waals surface area contributed by atoms with E-state index in [4.69, 9.17) is 0 Å². The first kappa shape index (κ1) is 12.1. The van der Waals surface area contributed by atoms with E-state index >= 15 is 0 Å². The maximum absolute atomic E-state index is 11.9. The van der Waals surface area contributed by atoms with Crippen LogP contribution in [0.2, 0.25) is 0 Å². The standard InChI is InChI=1S/C10H7BrF3O/c1-2-7-3-8(11)5-9(4-7)15-6-10(12,13)14/h3-5H,1,6H2. The van der Waals surface area contributed by atoms with Gasteiger partial charge >= 0.3 is 6.18 Å². The quantitative estimate of drug-likeness (QED) is 0.819. The molecule has 0 heterocycles. The Bertz CT molecular complexity index is 360. The van der Waals surface area contributed by atoms with Crippen LogP contribution in [0.15, 0.2) is 29.3 Å². The zero-order valence-electron chi connectivity index (χ0n) is 7.57. The summed E-state index contributed by atoms with van der Waals surface area (Å²) < 4.78 is 40.8. The summed E-state index contributed by atoms with van der Waals surface area (Å²) in [5.41, 5.74) is 0.571. The average Bonchev–Trinajstić information content (AvgIpc) is 2.13. The van der Waals surface area contributed by atoms with Crippen molar-refractivity contribution in [3.8, 4) is 5.75 Å². The largest absolute Gasteiger partial charge is 0.484 e. The normalized spacial score (nSPS) is 11.2. The van der Waals surface area contributed by atoms with E-state index in [0.717, 1.165) is 0 Å². The summed E-state index contributed by atoms with van der Waals surface area (Å²) in [5, 5.41) is 0. The number of rotatable bonds is 3. The molecule has 0 amide bonds. The number of halogens is 4. The summed E-state index contributed by atoms with van der Waals surface area (Å²) in [6.45, 7) is 2.09. The van der Waals surface area contributed by atoms with Crippen LogP contribution in [-0.4, -0.2) is 12.8 Å². The van der Waals surface area contributed by atoms with Crippen LogP contribution in [0, 0.1) is 6.08 Å². The van der Waals surface area contributed by atoms with Crippen molar-refractivity contribution in [1.82, 2.24) is 0 Å². The smallest absolute Gasteiger partial charge is 0.422 e. The zero-order valence-corrected chi connectivity index (χ0v) is 9.15. The van der Waals surface area contributed by atoms with Gasteiger partial charge in [-0.2, -0.15) is 13.2 Å². The Morgan fingerprint density at radius 1 is 1.33 bits per heavy atom. The van der Waals surface area contributed by atoms with Gasteiger partial charge < -0.3 is 4.74 Å². The molecule has 0 aliphatic carbocycles. The third kappa shape index (κ3) is 4.38. The molecule has 5 heteroatoms. The minimum atomic E-state index is -4.33. The average molecular weight is 280 g/mol. The van der Waals surface area contributed by atoms with Gasteiger partial charge in [0.1, 0.15) is 5.75 Å². The van der Waals surface area contributed by atoms with E-state index in [1.54, 1.807) is 6.07 Å².